The van der Waals surface area contributed by atoms with E-state index in [-0.39, 0.29) is 23.4 Å². The number of anilines is 3. The quantitative estimate of drug-likeness (QED) is 0.827. The number of amides is 3. The number of piperazine rings is 1. The smallest absolute Gasteiger partial charge is 0.274 e. The number of rotatable bonds is 4. The zero-order valence-electron chi connectivity index (χ0n) is 15.8. The molecule has 1 saturated heterocycles. The molecule has 2 heterocycles. The van der Waals surface area contributed by atoms with Crippen LogP contribution in [0.1, 0.15) is 24.3 Å². The maximum absolute atomic E-state index is 12.6. The largest absolute Gasteiger partial charge is 0.353 e. The normalized spacial score (nSPS) is 13.8. The molecule has 3 rings (SSSR count). The molecule has 0 spiro atoms. The van der Waals surface area contributed by atoms with Crippen molar-refractivity contribution in [1.29, 1.82) is 0 Å². The van der Waals surface area contributed by atoms with E-state index in [4.69, 9.17) is 0 Å². The summed E-state index contributed by atoms with van der Waals surface area (Å²) in [4.78, 5) is 47.3. The maximum Gasteiger partial charge on any atom is 0.274 e. The molecule has 1 aromatic heterocycles. The summed E-state index contributed by atoms with van der Waals surface area (Å²) in [6.07, 6.45) is 1.36. The fourth-order valence-corrected chi connectivity index (χ4v) is 2.97. The third kappa shape index (κ3) is 4.81. The highest BCUT2D eigenvalue weighted by molar-refractivity contribution is 6.03. The highest BCUT2D eigenvalue weighted by atomic mass is 16.2. The Hall–Kier alpha value is -3.49. The van der Waals surface area contributed by atoms with Gasteiger partial charge in [-0.1, -0.05) is 6.07 Å². The minimum Gasteiger partial charge on any atom is -0.353 e. The van der Waals surface area contributed by atoms with E-state index in [1.165, 1.54) is 13.3 Å². The predicted octanol–water partition coefficient (Wildman–Crippen LogP) is 1.36. The Bertz CT molecular complexity index is 893. The van der Waals surface area contributed by atoms with Gasteiger partial charge in [0, 0.05) is 57.5 Å². The Kier molecular flexibility index (Phi) is 5.83. The summed E-state index contributed by atoms with van der Waals surface area (Å²) >= 11 is 0. The van der Waals surface area contributed by atoms with E-state index in [0.717, 1.165) is 0 Å². The molecule has 146 valence electrons. The molecule has 1 aliphatic rings. The van der Waals surface area contributed by atoms with Crippen molar-refractivity contribution in [2.24, 2.45) is 0 Å². The number of nitrogens with zero attached hydrogens (tertiary/aromatic N) is 4. The van der Waals surface area contributed by atoms with Gasteiger partial charge in [-0.05, 0) is 18.2 Å². The minimum atomic E-state index is -0.369. The SMILES string of the molecule is CC(=O)Nc1cccc(NC(=O)c2cc(N3CCN(C(C)=O)CC3)ncn2)c1. The monoisotopic (exact) mass is 382 g/mol. The lowest BCUT2D eigenvalue weighted by molar-refractivity contribution is -0.129. The molecule has 0 saturated carbocycles. The standard InChI is InChI=1S/C19H22N6O3/c1-13(26)22-15-4-3-5-16(10-15)23-19(28)17-11-18(21-12-20-17)25-8-6-24(7-9-25)14(2)27/h3-5,10-12H,6-9H2,1-2H3,(H,22,26)(H,23,28). The van der Waals surface area contributed by atoms with Crippen molar-refractivity contribution in [2.45, 2.75) is 13.8 Å². The number of carbonyl (C=O) groups excluding carboxylic acids is 3. The Morgan fingerprint density at radius 3 is 2.25 bits per heavy atom. The fourth-order valence-electron chi connectivity index (χ4n) is 2.97. The molecule has 0 unspecified atom stereocenters. The summed E-state index contributed by atoms with van der Waals surface area (Å²) in [5.74, 6) is 0.152. The van der Waals surface area contributed by atoms with Crippen LogP contribution in [0.5, 0.6) is 0 Å². The average Bonchev–Trinajstić information content (AvgIpc) is 2.68. The summed E-state index contributed by atoms with van der Waals surface area (Å²) in [6.45, 7) is 5.52. The summed E-state index contributed by atoms with van der Waals surface area (Å²) in [6, 6.07) is 8.51. The van der Waals surface area contributed by atoms with Gasteiger partial charge in [-0.3, -0.25) is 14.4 Å². The molecule has 0 radical (unpaired) electrons. The molecule has 1 fully saturated rings. The van der Waals surface area contributed by atoms with Crippen molar-refractivity contribution in [2.75, 3.05) is 41.7 Å². The van der Waals surface area contributed by atoms with Gasteiger partial charge >= 0.3 is 0 Å². The van der Waals surface area contributed by atoms with E-state index >= 15 is 0 Å². The van der Waals surface area contributed by atoms with Crippen LogP contribution in [-0.4, -0.2) is 58.8 Å². The third-order valence-corrected chi connectivity index (χ3v) is 4.38. The lowest BCUT2D eigenvalue weighted by Gasteiger charge is -2.34. The zero-order chi connectivity index (χ0) is 20.1. The molecular weight excluding hydrogens is 360 g/mol. The summed E-state index contributed by atoms with van der Waals surface area (Å²) in [5.41, 5.74) is 1.38. The van der Waals surface area contributed by atoms with Gasteiger partial charge < -0.3 is 20.4 Å². The number of benzene rings is 1. The van der Waals surface area contributed by atoms with Crippen molar-refractivity contribution in [1.82, 2.24) is 14.9 Å². The molecule has 1 aliphatic heterocycles. The maximum atomic E-state index is 12.6. The van der Waals surface area contributed by atoms with Gasteiger partial charge in [0.15, 0.2) is 0 Å². The Morgan fingerprint density at radius 1 is 0.929 bits per heavy atom. The van der Waals surface area contributed by atoms with Crippen LogP contribution in [0.25, 0.3) is 0 Å². The first kappa shape index (κ1) is 19.3. The lowest BCUT2D eigenvalue weighted by Crippen LogP contribution is -2.48. The van der Waals surface area contributed by atoms with E-state index in [1.54, 1.807) is 42.2 Å². The number of nitrogens with one attached hydrogen (secondary N) is 2. The highest BCUT2D eigenvalue weighted by Gasteiger charge is 2.20. The van der Waals surface area contributed by atoms with Crippen LogP contribution >= 0.6 is 0 Å². The molecule has 0 atom stereocenters. The number of hydrogen-bond acceptors (Lipinski definition) is 6. The van der Waals surface area contributed by atoms with Gasteiger partial charge in [-0.15, -0.1) is 0 Å². The number of hydrogen-bond donors (Lipinski definition) is 2. The minimum absolute atomic E-state index is 0.0592. The molecule has 3 amide bonds. The van der Waals surface area contributed by atoms with Crippen LogP contribution < -0.4 is 15.5 Å². The van der Waals surface area contributed by atoms with Crippen molar-refractivity contribution < 1.29 is 14.4 Å². The predicted molar refractivity (Wildman–Crippen MR) is 105 cm³/mol. The van der Waals surface area contributed by atoms with Gasteiger partial charge in [0.2, 0.25) is 11.8 Å². The van der Waals surface area contributed by atoms with E-state index < -0.39 is 0 Å². The van der Waals surface area contributed by atoms with Gasteiger partial charge in [0.05, 0.1) is 0 Å². The van der Waals surface area contributed by atoms with Gasteiger partial charge in [0.25, 0.3) is 5.91 Å². The third-order valence-electron chi connectivity index (χ3n) is 4.38. The summed E-state index contributed by atoms with van der Waals surface area (Å²) in [5, 5.41) is 5.44. The van der Waals surface area contributed by atoms with Crippen LogP contribution in [0.15, 0.2) is 36.7 Å². The van der Waals surface area contributed by atoms with Crippen LogP contribution in [0.3, 0.4) is 0 Å². The van der Waals surface area contributed by atoms with Crippen molar-refractivity contribution in [3.05, 3.63) is 42.4 Å². The second kappa shape index (κ2) is 8.47. The molecule has 9 nitrogen and oxygen atoms in total. The zero-order valence-corrected chi connectivity index (χ0v) is 15.8. The van der Waals surface area contributed by atoms with Crippen LogP contribution in [0.2, 0.25) is 0 Å². The molecular formula is C19H22N6O3. The van der Waals surface area contributed by atoms with E-state index in [2.05, 4.69) is 20.6 Å². The second-order valence-corrected chi connectivity index (χ2v) is 6.47. The fraction of sp³-hybridized carbons (Fsp3) is 0.316. The molecule has 9 heteroatoms. The summed E-state index contributed by atoms with van der Waals surface area (Å²) in [7, 11) is 0. The van der Waals surface area contributed by atoms with Gasteiger partial charge in [-0.25, -0.2) is 9.97 Å². The second-order valence-electron chi connectivity index (χ2n) is 6.47. The van der Waals surface area contributed by atoms with Gasteiger partial charge in [0.1, 0.15) is 17.8 Å². The first-order valence-corrected chi connectivity index (χ1v) is 8.94. The van der Waals surface area contributed by atoms with Crippen LogP contribution in [-0.2, 0) is 9.59 Å². The van der Waals surface area contributed by atoms with E-state index in [9.17, 15) is 14.4 Å². The molecule has 0 aliphatic carbocycles. The Morgan fingerprint density at radius 2 is 1.61 bits per heavy atom. The van der Waals surface area contributed by atoms with Gasteiger partial charge in [-0.2, -0.15) is 0 Å². The lowest BCUT2D eigenvalue weighted by atomic mass is 10.2. The molecule has 28 heavy (non-hydrogen) atoms. The first-order chi connectivity index (χ1) is 13.4. The average molecular weight is 382 g/mol. The van der Waals surface area contributed by atoms with E-state index in [0.29, 0.717) is 43.4 Å². The Balaban J connectivity index is 1.68. The Labute approximate surface area is 162 Å². The van der Waals surface area contributed by atoms with Crippen LogP contribution in [0.4, 0.5) is 17.2 Å². The van der Waals surface area contributed by atoms with Crippen molar-refractivity contribution in [3.63, 3.8) is 0 Å². The first-order valence-electron chi connectivity index (χ1n) is 8.94. The molecule has 1 aromatic carbocycles. The summed E-state index contributed by atoms with van der Waals surface area (Å²) < 4.78 is 0. The van der Waals surface area contributed by atoms with Crippen molar-refractivity contribution >= 4 is 34.9 Å². The van der Waals surface area contributed by atoms with E-state index in [1.807, 2.05) is 4.90 Å². The number of carbonyl (C=O) groups is 3. The topological polar surface area (TPSA) is 108 Å². The van der Waals surface area contributed by atoms with Crippen LogP contribution in [0, 0.1) is 0 Å². The molecule has 2 N–H and O–H groups in total. The molecule has 0 bridgehead atoms. The van der Waals surface area contributed by atoms with Crippen molar-refractivity contribution in [3.8, 4) is 0 Å². The molecule has 2 aromatic rings. The number of aromatic nitrogens is 2. The highest BCUT2D eigenvalue weighted by Crippen LogP contribution is 2.18.